The maximum Gasteiger partial charge on any atom is 0.0170 e. The third-order valence-electron chi connectivity index (χ3n) is 2.84. The molecule has 0 saturated heterocycles. The summed E-state index contributed by atoms with van der Waals surface area (Å²) >= 11 is 0. The van der Waals surface area contributed by atoms with Crippen molar-refractivity contribution in [2.75, 3.05) is 6.54 Å². The first-order valence-corrected chi connectivity index (χ1v) is 6.27. The average molecular weight is 231 g/mol. The summed E-state index contributed by atoms with van der Waals surface area (Å²) in [6.45, 7) is 14.0. The molecule has 0 amide bonds. The van der Waals surface area contributed by atoms with Gasteiger partial charge in [0.1, 0.15) is 0 Å². The van der Waals surface area contributed by atoms with Crippen molar-refractivity contribution in [1.29, 1.82) is 0 Å². The van der Waals surface area contributed by atoms with Gasteiger partial charge in [-0.15, -0.1) is 0 Å². The highest BCUT2D eigenvalue weighted by Gasteiger charge is 2.07. The predicted molar refractivity (Wildman–Crippen MR) is 77.3 cm³/mol. The van der Waals surface area contributed by atoms with Gasteiger partial charge in [-0.1, -0.05) is 29.8 Å². The zero-order valence-electron chi connectivity index (χ0n) is 12.0. The molecular formula is C16H25N. The molecule has 0 aliphatic carbocycles. The van der Waals surface area contributed by atoms with Crippen LogP contribution < -0.4 is 5.32 Å². The van der Waals surface area contributed by atoms with Gasteiger partial charge in [0.2, 0.25) is 0 Å². The van der Waals surface area contributed by atoms with Gasteiger partial charge in [0.15, 0.2) is 0 Å². The van der Waals surface area contributed by atoms with E-state index in [-0.39, 0.29) is 5.54 Å². The number of benzene rings is 1. The van der Waals surface area contributed by atoms with Crippen molar-refractivity contribution in [3.63, 3.8) is 0 Å². The Balaban J connectivity index is 2.71. The summed E-state index contributed by atoms with van der Waals surface area (Å²) in [6.07, 6.45) is 2.26. The van der Waals surface area contributed by atoms with Gasteiger partial charge in [-0.3, -0.25) is 0 Å². The fourth-order valence-corrected chi connectivity index (χ4v) is 1.59. The molecule has 0 fully saturated rings. The average Bonchev–Trinajstić information content (AvgIpc) is 2.20. The lowest BCUT2D eigenvalue weighted by molar-refractivity contribution is 0.445. The van der Waals surface area contributed by atoms with E-state index in [0.29, 0.717) is 0 Å². The van der Waals surface area contributed by atoms with E-state index in [1.807, 2.05) is 0 Å². The minimum Gasteiger partial charge on any atom is -0.308 e. The van der Waals surface area contributed by atoms with E-state index >= 15 is 0 Å². The molecule has 0 aromatic heterocycles. The van der Waals surface area contributed by atoms with Crippen molar-refractivity contribution in [3.05, 3.63) is 40.5 Å². The van der Waals surface area contributed by atoms with Gasteiger partial charge in [0, 0.05) is 12.1 Å². The molecule has 94 valence electrons. The summed E-state index contributed by atoms with van der Waals surface area (Å²) in [5.74, 6) is 0. The summed E-state index contributed by atoms with van der Waals surface area (Å²) in [6, 6.07) is 6.62. The second-order valence-corrected chi connectivity index (χ2v) is 5.94. The van der Waals surface area contributed by atoms with Crippen LogP contribution in [0.3, 0.4) is 0 Å². The molecule has 0 unspecified atom stereocenters. The Morgan fingerprint density at radius 2 is 1.82 bits per heavy atom. The van der Waals surface area contributed by atoms with Crippen molar-refractivity contribution in [2.45, 2.75) is 47.1 Å². The van der Waals surface area contributed by atoms with Crippen LogP contribution in [0.1, 0.15) is 44.4 Å². The number of aryl methyl sites for hydroxylation is 2. The van der Waals surface area contributed by atoms with Crippen LogP contribution in [0.5, 0.6) is 0 Å². The van der Waals surface area contributed by atoms with Crippen LogP contribution in [0, 0.1) is 13.8 Å². The molecule has 0 aliphatic rings. The third-order valence-corrected chi connectivity index (χ3v) is 2.84. The van der Waals surface area contributed by atoms with Crippen LogP contribution in [0.4, 0.5) is 0 Å². The molecule has 0 aliphatic heterocycles. The first-order chi connectivity index (χ1) is 7.78. The molecule has 1 aromatic rings. The lowest BCUT2D eigenvalue weighted by Crippen LogP contribution is -2.36. The number of hydrogen-bond acceptors (Lipinski definition) is 1. The maximum atomic E-state index is 3.50. The highest BCUT2D eigenvalue weighted by molar-refractivity contribution is 5.54. The highest BCUT2D eigenvalue weighted by Crippen LogP contribution is 2.13. The number of nitrogens with one attached hydrogen (secondary N) is 1. The van der Waals surface area contributed by atoms with Crippen molar-refractivity contribution in [1.82, 2.24) is 5.32 Å². The van der Waals surface area contributed by atoms with Gasteiger partial charge >= 0.3 is 0 Å². The second kappa shape index (κ2) is 5.50. The quantitative estimate of drug-likeness (QED) is 0.826. The van der Waals surface area contributed by atoms with Crippen LogP contribution in [0.2, 0.25) is 0 Å². The normalized spacial score (nSPS) is 12.9. The number of rotatable bonds is 3. The zero-order chi connectivity index (χ0) is 13.1. The van der Waals surface area contributed by atoms with Crippen LogP contribution in [0.25, 0.3) is 6.08 Å². The van der Waals surface area contributed by atoms with Crippen molar-refractivity contribution < 1.29 is 0 Å². The van der Waals surface area contributed by atoms with Crippen LogP contribution >= 0.6 is 0 Å². The predicted octanol–water partition coefficient (Wildman–Crippen LogP) is 4.09. The fraction of sp³-hybridized carbons (Fsp3) is 0.500. The molecule has 0 radical (unpaired) electrons. The first-order valence-electron chi connectivity index (χ1n) is 6.27. The van der Waals surface area contributed by atoms with Crippen molar-refractivity contribution >= 4 is 6.08 Å². The van der Waals surface area contributed by atoms with E-state index in [1.165, 1.54) is 22.3 Å². The van der Waals surface area contributed by atoms with Crippen LogP contribution in [0.15, 0.2) is 23.8 Å². The van der Waals surface area contributed by atoms with Gasteiger partial charge in [-0.25, -0.2) is 0 Å². The van der Waals surface area contributed by atoms with Crippen LogP contribution in [-0.2, 0) is 0 Å². The maximum absolute atomic E-state index is 3.50. The Kier molecular flexibility index (Phi) is 4.53. The lowest BCUT2D eigenvalue weighted by Gasteiger charge is -2.20. The minimum absolute atomic E-state index is 0.179. The molecule has 0 heterocycles. The molecule has 0 saturated carbocycles. The largest absolute Gasteiger partial charge is 0.308 e. The molecular weight excluding hydrogens is 206 g/mol. The van der Waals surface area contributed by atoms with Gasteiger partial charge in [0.05, 0.1) is 0 Å². The first kappa shape index (κ1) is 14.0. The summed E-state index contributed by atoms with van der Waals surface area (Å²) in [5.41, 5.74) is 5.55. The summed E-state index contributed by atoms with van der Waals surface area (Å²) < 4.78 is 0. The lowest BCUT2D eigenvalue weighted by atomic mass is 10.0. The minimum atomic E-state index is 0.179. The Morgan fingerprint density at radius 1 is 1.18 bits per heavy atom. The van der Waals surface area contributed by atoms with Gasteiger partial charge in [-0.2, -0.15) is 0 Å². The monoisotopic (exact) mass is 231 g/mol. The number of hydrogen-bond donors (Lipinski definition) is 1. The van der Waals surface area contributed by atoms with E-state index in [2.05, 4.69) is 71.1 Å². The molecule has 1 rings (SSSR count). The van der Waals surface area contributed by atoms with Gasteiger partial charge in [-0.05, 0) is 58.2 Å². The zero-order valence-corrected chi connectivity index (χ0v) is 12.0. The molecule has 0 bridgehead atoms. The Hall–Kier alpha value is -1.08. The van der Waals surface area contributed by atoms with E-state index in [9.17, 15) is 0 Å². The summed E-state index contributed by atoms with van der Waals surface area (Å²) in [4.78, 5) is 0. The summed E-state index contributed by atoms with van der Waals surface area (Å²) in [7, 11) is 0. The second-order valence-electron chi connectivity index (χ2n) is 5.94. The standard InChI is InChI=1S/C16H25N/c1-12(11-17-16(4,5)6)9-15-8-7-13(2)14(3)10-15/h7-10,17H,11H2,1-6H3. The van der Waals surface area contributed by atoms with E-state index in [1.54, 1.807) is 0 Å². The Morgan fingerprint density at radius 3 is 2.35 bits per heavy atom. The summed E-state index contributed by atoms with van der Waals surface area (Å²) in [5, 5.41) is 3.50. The molecule has 1 N–H and O–H groups in total. The SMILES string of the molecule is CC(=Cc1ccc(C)c(C)c1)CNC(C)(C)C. The van der Waals surface area contributed by atoms with Gasteiger partial charge < -0.3 is 5.32 Å². The molecule has 1 nitrogen and oxygen atoms in total. The molecule has 0 atom stereocenters. The Bertz CT molecular complexity index is 408. The van der Waals surface area contributed by atoms with Gasteiger partial charge in [0.25, 0.3) is 0 Å². The molecule has 1 aromatic carbocycles. The molecule has 17 heavy (non-hydrogen) atoms. The molecule has 0 spiro atoms. The molecule has 1 heteroatoms. The van der Waals surface area contributed by atoms with E-state index in [4.69, 9.17) is 0 Å². The van der Waals surface area contributed by atoms with Crippen LogP contribution in [-0.4, -0.2) is 12.1 Å². The Labute approximate surface area is 106 Å². The van der Waals surface area contributed by atoms with Crippen molar-refractivity contribution in [2.24, 2.45) is 0 Å². The van der Waals surface area contributed by atoms with Crippen molar-refractivity contribution in [3.8, 4) is 0 Å². The third kappa shape index (κ3) is 5.18. The van der Waals surface area contributed by atoms with E-state index in [0.717, 1.165) is 6.54 Å². The topological polar surface area (TPSA) is 12.0 Å². The fourth-order valence-electron chi connectivity index (χ4n) is 1.59. The highest BCUT2D eigenvalue weighted by atomic mass is 14.9. The van der Waals surface area contributed by atoms with E-state index < -0.39 is 0 Å². The smallest absolute Gasteiger partial charge is 0.0170 e.